The summed E-state index contributed by atoms with van der Waals surface area (Å²) in [5, 5.41) is 9.34. The molecule has 1 saturated carbocycles. The molecule has 0 heterocycles. The van der Waals surface area contributed by atoms with E-state index in [0.29, 0.717) is 0 Å². The van der Waals surface area contributed by atoms with Gasteiger partial charge < -0.3 is 10.0 Å². The Morgan fingerprint density at radius 3 is 2.28 bits per heavy atom. The lowest BCUT2D eigenvalue weighted by Crippen LogP contribution is -2.58. The quantitative estimate of drug-likeness (QED) is 0.722. The third kappa shape index (κ3) is 3.45. The van der Waals surface area contributed by atoms with E-state index < -0.39 is 5.97 Å². The molecule has 1 aliphatic rings. The summed E-state index contributed by atoms with van der Waals surface area (Å²) in [5.74, 6) is -0.681. The van der Waals surface area contributed by atoms with Gasteiger partial charge in [0.15, 0.2) is 0 Å². The molecule has 0 aromatic carbocycles. The molecule has 1 fully saturated rings. The highest BCUT2D eigenvalue weighted by Gasteiger charge is 2.41. The maximum atomic E-state index is 11.4. The first kappa shape index (κ1) is 15.4. The first-order chi connectivity index (χ1) is 8.43. The van der Waals surface area contributed by atoms with E-state index in [0.717, 1.165) is 25.8 Å². The van der Waals surface area contributed by atoms with E-state index >= 15 is 0 Å². The average molecular weight is 256 g/mol. The van der Waals surface area contributed by atoms with Gasteiger partial charge >= 0.3 is 5.97 Å². The molecule has 0 bridgehead atoms. The number of rotatable bonds is 8. The van der Waals surface area contributed by atoms with Gasteiger partial charge in [0.25, 0.3) is 0 Å². The topological polar surface area (TPSA) is 43.8 Å². The van der Waals surface area contributed by atoms with Gasteiger partial charge in [-0.3, -0.25) is 9.69 Å². The Kier molecular flexibility index (Phi) is 5.60. The molecule has 18 heavy (non-hydrogen) atoms. The molecule has 4 heteroatoms. The van der Waals surface area contributed by atoms with Crippen molar-refractivity contribution in [1.29, 1.82) is 0 Å². The highest BCUT2D eigenvalue weighted by atomic mass is 16.4. The second-order valence-corrected chi connectivity index (χ2v) is 5.88. The Morgan fingerprint density at radius 1 is 1.33 bits per heavy atom. The van der Waals surface area contributed by atoms with Gasteiger partial charge in [-0.15, -0.1) is 0 Å². The van der Waals surface area contributed by atoms with E-state index in [1.807, 2.05) is 11.9 Å². The fourth-order valence-corrected chi connectivity index (χ4v) is 2.84. The molecule has 1 aliphatic carbocycles. The zero-order valence-electron chi connectivity index (χ0n) is 12.3. The number of carbonyl (C=O) groups is 1. The van der Waals surface area contributed by atoms with Gasteiger partial charge in [-0.2, -0.15) is 0 Å². The Bertz CT molecular complexity index is 275. The summed E-state index contributed by atoms with van der Waals surface area (Å²) in [6.45, 7) is 2.97. The molecule has 1 atom stereocenters. The van der Waals surface area contributed by atoms with Gasteiger partial charge in [0, 0.05) is 12.1 Å². The zero-order valence-corrected chi connectivity index (χ0v) is 12.3. The molecule has 0 aliphatic heterocycles. The van der Waals surface area contributed by atoms with E-state index in [1.54, 1.807) is 0 Å². The van der Waals surface area contributed by atoms with Gasteiger partial charge in [-0.1, -0.05) is 19.8 Å². The summed E-state index contributed by atoms with van der Waals surface area (Å²) in [5.41, 5.74) is 0.203. The van der Waals surface area contributed by atoms with Crippen LogP contribution in [0.15, 0.2) is 0 Å². The third-order valence-electron chi connectivity index (χ3n) is 4.42. The molecule has 0 spiro atoms. The van der Waals surface area contributed by atoms with Crippen molar-refractivity contribution in [2.45, 2.75) is 57.0 Å². The predicted octanol–water partition coefficient (Wildman–Crippen LogP) is 2.05. The molecular formula is C14H28N2O2. The standard InChI is InChI=1S/C14H28N2O2/c1-5-6-8-12(13(17)18)16(4)11-14(15(2)3)9-7-10-14/h12H,5-11H2,1-4H3,(H,17,18). The number of carboxylic acid groups (broad SMARTS) is 1. The fourth-order valence-electron chi connectivity index (χ4n) is 2.84. The number of aliphatic carboxylic acids is 1. The second-order valence-electron chi connectivity index (χ2n) is 5.88. The minimum atomic E-state index is -0.681. The highest BCUT2D eigenvalue weighted by Crippen LogP contribution is 2.37. The van der Waals surface area contributed by atoms with E-state index in [4.69, 9.17) is 0 Å². The summed E-state index contributed by atoms with van der Waals surface area (Å²) in [4.78, 5) is 15.7. The Morgan fingerprint density at radius 2 is 1.94 bits per heavy atom. The van der Waals surface area contributed by atoms with Gasteiger partial charge in [0.1, 0.15) is 6.04 Å². The van der Waals surface area contributed by atoms with Gasteiger partial charge in [0.2, 0.25) is 0 Å². The van der Waals surface area contributed by atoms with Crippen LogP contribution in [0.4, 0.5) is 0 Å². The highest BCUT2D eigenvalue weighted by molar-refractivity contribution is 5.73. The molecule has 0 radical (unpaired) electrons. The molecule has 4 nitrogen and oxygen atoms in total. The van der Waals surface area contributed by atoms with Crippen LogP contribution in [0, 0.1) is 0 Å². The molecule has 106 valence electrons. The number of hydrogen-bond donors (Lipinski definition) is 1. The summed E-state index contributed by atoms with van der Waals surface area (Å²) in [7, 11) is 6.17. The first-order valence-electron chi connectivity index (χ1n) is 7.03. The minimum absolute atomic E-state index is 0.203. The molecule has 1 unspecified atom stereocenters. The number of unbranched alkanes of at least 4 members (excludes halogenated alkanes) is 1. The van der Waals surface area contributed by atoms with Crippen molar-refractivity contribution >= 4 is 5.97 Å². The van der Waals surface area contributed by atoms with Crippen LogP contribution in [0.3, 0.4) is 0 Å². The van der Waals surface area contributed by atoms with Crippen LogP contribution in [0.1, 0.15) is 45.4 Å². The van der Waals surface area contributed by atoms with Gasteiger partial charge in [0.05, 0.1) is 0 Å². The van der Waals surface area contributed by atoms with E-state index in [9.17, 15) is 9.90 Å². The maximum absolute atomic E-state index is 11.4. The molecular weight excluding hydrogens is 228 g/mol. The molecule has 1 rings (SSSR count). The molecule has 1 N–H and O–H groups in total. The van der Waals surface area contributed by atoms with Gasteiger partial charge in [-0.25, -0.2) is 0 Å². The van der Waals surface area contributed by atoms with Crippen LogP contribution in [0.5, 0.6) is 0 Å². The van der Waals surface area contributed by atoms with Crippen LogP contribution >= 0.6 is 0 Å². The predicted molar refractivity (Wildman–Crippen MR) is 73.8 cm³/mol. The van der Waals surface area contributed by atoms with Crippen molar-refractivity contribution < 1.29 is 9.90 Å². The summed E-state index contributed by atoms with van der Waals surface area (Å²) < 4.78 is 0. The van der Waals surface area contributed by atoms with Crippen molar-refractivity contribution in [3.05, 3.63) is 0 Å². The Hall–Kier alpha value is -0.610. The lowest BCUT2D eigenvalue weighted by molar-refractivity contribution is -0.144. The van der Waals surface area contributed by atoms with Crippen LogP contribution in [0.25, 0.3) is 0 Å². The van der Waals surface area contributed by atoms with E-state index in [1.165, 1.54) is 19.3 Å². The SMILES string of the molecule is CCCCC(C(=O)O)N(C)CC1(N(C)C)CCC1. The largest absolute Gasteiger partial charge is 0.480 e. The lowest BCUT2D eigenvalue weighted by atomic mass is 9.75. The monoisotopic (exact) mass is 256 g/mol. The van der Waals surface area contributed by atoms with E-state index in [-0.39, 0.29) is 11.6 Å². The van der Waals surface area contributed by atoms with E-state index in [2.05, 4.69) is 25.9 Å². The maximum Gasteiger partial charge on any atom is 0.320 e. The zero-order chi connectivity index (χ0) is 13.8. The second kappa shape index (κ2) is 6.53. The molecule has 0 saturated heterocycles. The van der Waals surface area contributed by atoms with Crippen LogP contribution in [-0.2, 0) is 4.79 Å². The molecule has 0 amide bonds. The summed E-state index contributed by atoms with van der Waals surface area (Å²) >= 11 is 0. The number of hydrogen-bond acceptors (Lipinski definition) is 3. The van der Waals surface area contributed by atoms with Crippen molar-refractivity contribution in [3.8, 4) is 0 Å². The smallest absolute Gasteiger partial charge is 0.320 e. The number of carboxylic acids is 1. The number of nitrogens with zero attached hydrogens (tertiary/aromatic N) is 2. The lowest BCUT2D eigenvalue weighted by Gasteiger charge is -2.50. The average Bonchev–Trinajstić information content (AvgIpc) is 2.22. The van der Waals surface area contributed by atoms with Crippen LogP contribution < -0.4 is 0 Å². The fraction of sp³-hybridized carbons (Fsp3) is 0.929. The van der Waals surface area contributed by atoms with Crippen LogP contribution in [0.2, 0.25) is 0 Å². The Balaban J connectivity index is 2.60. The van der Waals surface area contributed by atoms with Crippen molar-refractivity contribution in [2.24, 2.45) is 0 Å². The van der Waals surface area contributed by atoms with Crippen LogP contribution in [-0.4, -0.2) is 60.1 Å². The van der Waals surface area contributed by atoms with Gasteiger partial charge in [-0.05, 0) is 46.8 Å². The first-order valence-corrected chi connectivity index (χ1v) is 7.03. The minimum Gasteiger partial charge on any atom is -0.480 e. The normalized spacial score (nSPS) is 19.9. The van der Waals surface area contributed by atoms with Crippen molar-refractivity contribution in [1.82, 2.24) is 9.80 Å². The van der Waals surface area contributed by atoms with Crippen molar-refractivity contribution in [2.75, 3.05) is 27.7 Å². The summed E-state index contributed by atoms with van der Waals surface area (Å²) in [6.07, 6.45) is 6.42. The third-order valence-corrected chi connectivity index (χ3v) is 4.42. The van der Waals surface area contributed by atoms with Crippen molar-refractivity contribution in [3.63, 3.8) is 0 Å². The molecule has 0 aromatic rings. The molecule has 0 aromatic heterocycles. The Labute approximate surface area is 111 Å². The number of likely N-dealkylation sites (N-methyl/N-ethyl adjacent to an activating group) is 2. The summed E-state index contributed by atoms with van der Waals surface area (Å²) in [6, 6.07) is -0.331.